The second-order valence-electron chi connectivity index (χ2n) is 13.8. The van der Waals surface area contributed by atoms with Crippen molar-refractivity contribution in [3.63, 3.8) is 0 Å². The molecule has 3 aromatic rings. The van der Waals surface area contributed by atoms with Crippen molar-refractivity contribution < 1.29 is 27.8 Å². The highest BCUT2D eigenvalue weighted by Gasteiger charge is 2.20. The quantitative estimate of drug-likeness (QED) is 0.182. The van der Waals surface area contributed by atoms with Crippen LogP contribution in [0.15, 0.2) is 71.7 Å². The molecule has 1 amide bonds. The molecule has 48 heavy (non-hydrogen) atoms. The Morgan fingerprint density at radius 2 is 1.44 bits per heavy atom. The first kappa shape index (κ1) is 42.0. The molecule has 6 nitrogen and oxygen atoms in total. The second-order valence-corrected chi connectivity index (χ2v) is 13.8. The maximum atomic E-state index is 13.0. The van der Waals surface area contributed by atoms with Gasteiger partial charge in [0.2, 0.25) is 0 Å². The molecular weight excluding hydrogens is 610 g/mol. The van der Waals surface area contributed by atoms with Gasteiger partial charge in [-0.05, 0) is 105 Å². The van der Waals surface area contributed by atoms with Gasteiger partial charge >= 0.3 is 12.6 Å². The minimum Gasteiger partial charge on any atom is -0.460 e. The molecule has 1 atom stereocenters. The summed E-state index contributed by atoms with van der Waals surface area (Å²) in [6, 6.07) is 20.3. The first-order valence-electron chi connectivity index (χ1n) is 16.6. The number of amides is 1. The van der Waals surface area contributed by atoms with Gasteiger partial charge in [-0.15, -0.1) is 0 Å². The topological polar surface area (TPSA) is 77.0 Å². The van der Waals surface area contributed by atoms with Crippen LogP contribution in [0.25, 0.3) is 11.1 Å². The molecule has 3 aromatic carbocycles. The van der Waals surface area contributed by atoms with E-state index >= 15 is 0 Å². The maximum Gasteiger partial charge on any atom is 0.387 e. The molecule has 0 aliphatic heterocycles. The predicted molar refractivity (Wildman–Crippen MR) is 195 cm³/mol. The van der Waals surface area contributed by atoms with E-state index in [1.54, 1.807) is 6.07 Å². The van der Waals surface area contributed by atoms with Gasteiger partial charge in [0.25, 0.3) is 5.91 Å². The van der Waals surface area contributed by atoms with E-state index in [0.29, 0.717) is 12.3 Å². The third-order valence-electron chi connectivity index (χ3n) is 6.87. The Hall–Kier alpha value is -4.07. The minimum absolute atomic E-state index is 0.0535. The van der Waals surface area contributed by atoms with Crippen LogP contribution in [0.3, 0.4) is 0 Å². The zero-order valence-corrected chi connectivity index (χ0v) is 31.1. The zero-order chi connectivity index (χ0) is 36.8. The van der Waals surface area contributed by atoms with Crippen molar-refractivity contribution in [3.8, 4) is 16.9 Å². The summed E-state index contributed by atoms with van der Waals surface area (Å²) in [5.41, 5.74) is 6.25. The van der Waals surface area contributed by atoms with Crippen LogP contribution in [-0.2, 0) is 14.9 Å². The predicted octanol–water partition coefficient (Wildman–Crippen LogP) is 10.9. The van der Waals surface area contributed by atoms with E-state index in [2.05, 4.69) is 81.1 Å². The molecule has 0 spiro atoms. The summed E-state index contributed by atoms with van der Waals surface area (Å²) in [6.07, 6.45) is 0.686. The Labute approximate surface area is 287 Å². The molecule has 0 bridgehead atoms. The van der Waals surface area contributed by atoms with Crippen LogP contribution in [-0.4, -0.2) is 35.8 Å². The molecule has 8 heteroatoms. The first-order valence-corrected chi connectivity index (χ1v) is 16.6. The number of hydrogen-bond donors (Lipinski definition) is 1. The van der Waals surface area contributed by atoms with Gasteiger partial charge in [0.05, 0.1) is 11.7 Å². The van der Waals surface area contributed by atoms with Gasteiger partial charge in [-0.2, -0.15) is 8.78 Å². The van der Waals surface area contributed by atoms with E-state index in [4.69, 9.17) is 9.73 Å². The van der Waals surface area contributed by atoms with Crippen molar-refractivity contribution >= 4 is 23.3 Å². The van der Waals surface area contributed by atoms with Gasteiger partial charge in [-0.3, -0.25) is 14.6 Å². The van der Waals surface area contributed by atoms with Crippen molar-refractivity contribution in [1.29, 1.82) is 0 Å². The fourth-order valence-corrected chi connectivity index (χ4v) is 4.68. The van der Waals surface area contributed by atoms with E-state index < -0.39 is 6.61 Å². The third-order valence-corrected chi connectivity index (χ3v) is 6.87. The number of carbonyl (C=O) groups excluding carboxylic acids is 2. The van der Waals surface area contributed by atoms with E-state index in [1.807, 2.05) is 54.5 Å². The van der Waals surface area contributed by atoms with Crippen LogP contribution in [0.2, 0.25) is 0 Å². The van der Waals surface area contributed by atoms with Gasteiger partial charge in [-0.1, -0.05) is 84.9 Å². The number of carbonyl (C=O) groups is 2. The summed E-state index contributed by atoms with van der Waals surface area (Å²) in [6.45, 7) is 22.7. The van der Waals surface area contributed by atoms with Gasteiger partial charge in [-0.25, -0.2) is 0 Å². The number of ether oxygens (including phenoxy) is 2. The molecule has 3 rings (SSSR count). The SMILES string of the molecule is CC.CC(=Nc1ccc(-c2ccc(C(C)(C)C)cc2)cc1C)C(CC(C)C)NC(=O)c1cccc(OC(F)F)c1.CC(=O)OC(C)(C)C. The smallest absolute Gasteiger partial charge is 0.387 e. The summed E-state index contributed by atoms with van der Waals surface area (Å²) >= 11 is 0. The number of alkyl halides is 2. The Balaban J connectivity index is 0.00000101. The summed E-state index contributed by atoms with van der Waals surface area (Å²) in [7, 11) is 0. The molecule has 0 aromatic heterocycles. The van der Waals surface area contributed by atoms with E-state index in [1.165, 1.54) is 30.7 Å². The number of nitrogens with one attached hydrogen (secondary N) is 1. The average molecular weight is 667 g/mol. The van der Waals surface area contributed by atoms with E-state index in [9.17, 15) is 18.4 Å². The summed E-state index contributed by atoms with van der Waals surface area (Å²) in [5, 5.41) is 3.03. The minimum atomic E-state index is -2.95. The van der Waals surface area contributed by atoms with Gasteiger partial charge in [0, 0.05) is 18.2 Å². The number of aryl methyl sites for hydroxylation is 1. The van der Waals surface area contributed by atoms with E-state index in [-0.39, 0.29) is 40.2 Å². The van der Waals surface area contributed by atoms with Crippen LogP contribution in [0.1, 0.15) is 111 Å². The standard InChI is InChI=1S/C32H38F2N2O2.C6H12O2.C2H6/c1-20(2)17-29(36-30(37)25-9-8-10-27(19-25)38-31(33)34)22(4)35-28-16-13-24(18-21(28)3)23-11-14-26(15-12-23)32(5,6)7;1-5(7)8-6(2,3)4;1-2/h8-16,18-20,29,31H,17H2,1-7H3,(H,36,37);1-4H3;1-2H3. The van der Waals surface area contributed by atoms with Crippen molar-refractivity contribution in [1.82, 2.24) is 5.32 Å². The number of halogens is 2. The van der Waals surface area contributed by atoms with Gasteiger partial charge < -0.3 is 14.8 Å². The number of nitrogens with zero attached hydrogens (tertiary/aromatic N) is 1. The Morgan fingerprint density at radius 3 is 1.90 bits per heavy atom. The molecular formula is C40H56F2N2O4. The van der Waals surface area contributed by atoms with Crippen molar-refractivity contribution in [2.45, 2.75) is 120 Å². The van der Waals surface area contributed by atoms with Crippen LogP contribution in [0.4, 0.5) is 14.5 Å². The molecule has 0 aliphatic rings. The fraction of sp³-hybridized carbons (Fsp3) is 0.475. The molecule has 0 radical (unpaired) electrons. The Morgan fingerprint density at radius 1 is 0.854 bits per heavy atom. The lowest BCUT2D eigenvalue weighted by Crippen LogP contribution is -2.40. The summed E-state index contributed by atoms with van der Waals surface area (Å²) in [4.78, 5) is 28.1. The summed E-state index contributed by atoms with van der Waals surface area (Å²) in [5.74, 6) is -0.339. The Kier molecular flexibility index (Phi) is 16.7. The van der Waals surface area contributed by atoms with Crippen LogP contribution < -0.4 is 10.1 Å². The monoisotopic (exact) mass is 666 g/mol. The molecule has 0 saturated carbocycles. The van der Waals surface area contributed by atoms with Crippen LogP contribution in [0, 0.1) is 12.8 Å². The number of hydrogen-bond acceptors (Lipinski definition) is 5. The average Bonchev–Trinajstić information content (AvgIpc) is 2.97. The lowest BCUT2D eigenvalue weighted by molar-refractivity contribution is -0.151. The van der Waals surface area contributed by atoms with Crippen molar-refractivity contribution in [2.75, 3.05) is 0 Å². The first-order chi connectivity index (χ1) is 22.2. The molecule has 1 N–H and O–H groups in total. The number of aliphatic imine (C=N–C) groups is 1. The lowest BCUT2D eigenvalue weighted by atomic mass is 9.86. The van der Waals surface area contributed by atoms with Gasteiger partial charge in [0.1, 0.15) is 11.4 Å². The largest absolute Gasteiger partial charge is 0.460 e. The van der Waals surface area contributed by atoms with Crippen molar-refractivity contribution in [3.05, 3.63) is 83.4 Å². The van der Waals surface area contributed by atoms with E-state index in [0.717, 1.165) is 28.1 Å². The number of benzene rings is 3. The normalized spacial score (nSPS) is 12.3. The van der Waals surface area contributed by atoms with Crippen molar-refractivity contribution in [2.24, 2.45) is 10.9 Å². The lowest BCUT2D eigenvalue weighted by Gasteiger charge is -2.21. The number of esters is 1. The highest BCUT2D eigenvalue weighted by molar-refractivity contribution is 5.99. The fourth-order valence-electron chi connectivity index (χ4n) is 4.68. The van der Waals surface area contributed by atoms with Crippen LogP contribution in [0.5, 0.6) is 5.75 Å². The highest BCUT2D eigenvalue weighted by Crippen LogP contribution is 2.30. The maximum absolute atomic E-state index is 13.0. The molecule has 0 saturated heterocycles. The van der Waals surface area contributed by atoms with Gasteiger partial charge in [0.15, 0.2) is 0 Å². The zero-order valence-electron chi connectivity index (χ0n) is 31.1. The summed E-state index contributed by atoms with van der Waals surface area (Å²) < 4.78 is 34.4. The highest BCUT2D eigenvalue weighted by atomic mass is 19.3. The second kappa shape index (κ2) is 19.1. The Bertz CT molecular complexity index is 1480. The van der Waals surface area contributed by atoms with Crippen LogP contribution >= 0.6 is 0 Å². The molecule has 0 fully saturated rings. The molecule has 0 heterocycles. The molecule has 0 aliphatic carbocycles. The molecule has 1 unspecified atom stereocenters. The molecule has 264 valence electrons. The number of rotatable bonds is 9. The third kappa shape index (κ3) is 15.2.